The van der Waals surface area contributed by atoms with E-state index in [0.717, 1.165) is 19.5 Å². The molecule has 2 nitrogen and oxygen atoms in total. The van der Waals surface area contributed by atoms with E-state index in [2.05, 4.69) is 35.4 Å². The molecule has 1 unspecified atom stereocenters. The van der Waals surface area contributed by atoms with Crippen molar-refractivity contribution in [2.75, 3.05) is 30.9 Å². The maximum Gasteiger partial charge on any atom is 0.0476 e. The fourth-order valence-electron chi connectivity index (χ4n) is 2.02. The number of anilines is 1. The second kappa shape index (κ2) is 4.90. The van der Waals surface area contributed by atoms with E-state index in [9.17, 15) is 0 Å². The van der Waals surface area contributed by atoms with Crippen molar-refractivity contribution >= 4 is 17.4 Å². The van der Waals surface area contributed by atoms with Gasteiger partial charge in [-0.2, -0.15) is 0 Å². The molecule has 1 saturated heterocycles. The maximum atomic E-state index is 9.10. The van der Waals surface area contributed by atoms with Gasteiger partial charge < -0.3 is 10.0 Å². The van der Waals surface area contributed by atoms with Gasteiger partial charge in [0.2, 0.25) is 0 Å². The third-order valence-electron chi connectivity index (χ3n) is 2.96. The largest absolute Gasteiger partial charge is 0.396 e. The van der Waals surface area contributed by atoms with Gasteiger partial charge in [-0.3, -0.25) is 0 Å². The van der Waals surface area contributed by atoms with Crippen LogP contribution in [0.2, 0.25) is 0 Å². The van der Waals surface area contributed by atoms with Gasteiger partial charge in [0.05, 0.1) is 0 Å². The molecule has 0 aliphatic carbocycles. The minimum atomic E-state index is 0.318. The van der Waals surface area contributed by atoms with Crippen molar-refractivity contribution < 1.29 is 5.11 Å². The van der Waals surface area contributed by atoms with Crippen LogP contribution in [0.5, 0.6) is 0 Å². The van der Waals surface area contributed by atoms with Gasteiger partial charge in [0.25, 0.3) is 0 Å². The van der Waals surface area contributed by atoms with Crippen LogP contribution in [-0.4, -0.2) is 31.1 Å². The Bertz CT molecular complexity index is 329. The number of aliphatic hydroxyl groups excluding tert-OH is 1. The Kier molecular flexibility index (Phi) is 3.54. The van der Waals surface area contributed by atoms with Crippen molar-refractivity contribution in [1.29, 1.82) is 0 Å². The van der Waals surface area contributed by atoms with Crippen LogP contribution in [0, 0.1) is 5.92 Å². The molecule has 1 heterocycles. The third kappa shape index (κ3) is 2.47. The zero-order valence-electron chi connectivity index (χ0n) is 9.02. The molecule has 1 N–H and O–H groups in total. The molecule has 0 amide bonds. The van der Waals surface area contributed by atoms with Crippen LogP contribution in [0.25, 0.3) is 0 Å². The smallest absolute Gasteiger partial charge is 0.0476 e. The monoisotopic (exact) mass is 223 g/mol. The Balaban J connectivity index is 2.09. The molecule has 0 aromatic heterocycles. The lowest BCUT2D eigenvalue weighted by Gasteiger charge is -2.18. The van der Waals surface area contributed by atoms with Crippen molar-refractivity contribution in [3.05, 3.63) is 24.3 Å². The molecule has 1 aliphatic rings. The first kappa shape index (κ1) is 10.8. The molecule has 0 saturated carbocycles. The molecule has 1 fully saturated rings. The molecular weight excluding hydrogens is 206 g/mol. The fourth-order valence-corrected chi connectivity index (χ4v) is 2.48. The molecule has 1 atom stereocenters. The average Bonchev–Trinajstić information content (AvgIpc) is 2.78. The number of aliphatic hydroxyl groups is 1. The summed E-state index contributed by atoms with van der Waals surface area (Å²) in [6.07, 6.45) is 3.21. The zero-order valence-corrected chi connectivity index (χ0v) is 9.83. The summed E-state index contributed by atoms with van der Waals surface area (Å²) in [6, 6.07) is 8.62. The summed E-state index contributed by atoms with van der Waals surface area (Å²) in [5, 5.41) is 9.10. The third-order valence-corrected chi connectivity index (χ3v) is 3.69. The van der Waals surface area contributed by atoms with Crippen LogP contribution in [-0.2, 0) is 0 Å². The van der Waals surface area contributed by atoms with E-state index in [1.165, 1.54) is 10.6 Å². The topological polar surface area (TPSA) is 23.5 Å². The van der Waals surface area contributed by atoms with Gasteiger partial charge >= 0.3 is 0 Å². The van der Waals surface area contributed by atoms with Crippen molar-refractivity contribution in [2.45, 2.75) is 11.3 Å². The van der Waals surface area contributed by atoms with E-state index in [1.54, 1.807) is 11.8 Å². The predicted molar refractivity (Wildman–Crippen MR) is 65.6 cm³/mol. The highest BCUT2D eigenvalue weighted by molar-refractivity contribution is 7.98. The first-order valence-corrected chi connectivity index (χ1v) is 6.56. The van der Waals surface area contributed by atoms with E-state index < -0.39 is 0 Å². The lowest BCUT2D eigenvalue weighted by Crippen LogP contribution is -2.20. The van der Waals surface area contributed by atoms with E-state index >= 15 is 0 Å². The highest BCUT2D eigenvalue weighted by atomic mass is 32.2. The Morgan fingerprint density at radius 2 is 2.40 bits per heavy atom. The highest BCUT2D eigenvalue weighted by Crippen LogP contribution is 2.26. The van der Waals surface area contributed by atoms with Crippen LogP contribution in [0.3, 0.4) is 0 Å². The minimum Gasteiger partial charge on any atom is -0.396 e. The Labute approximate surface area is 95.3 Å². The van der Waals surface area contributed by atoms with E-state index in [4.69, 9.17) is 5.11 Å². The molecule has 15 heavy (non-hydrogen) atoms. The number of hydrogen-bond donors (Lipinski definition) is 1. The molecular formula is C12H17NOS. The van der Waals surface area contributed by atoms with Crippen LogP contribution in [0.15, 0.2) is 29.2 Å². The fraction of sp³-hybridized carbons (Fsp3) is 0.500. The molecule has 82 valence electrons. The van der Waals surface area contributed by atoms with Crippen molar-refractivity contribution in [2.24, 2.45) is 5.92 Å². The molecule has 2 rings (SSSR count). The second-order valence-electron chi connectivity index (χ2n) is 3.98. The summed E-state index contributed by atoms with van der Waals surface area (Å²) in [4.78, 5) is 3.67. The lowest BCUT2D eigenvalue weighted by atomic mass is 10.1. The molecule has 0 bridgehead atoms. The maximum absolute atomic E-state index is 9.10. The molecule has 0 radical (unpaired) electrons. The second-order valence-corrected chi connectivity index (χ2v) is 4.86. The Hall–Kier alpha value is -0.670. The SMILES string of the molecule is CSc1cccc(N2CCC(CO)C2)c1. The minimum absolute atomic E-state index is 0.318. The van der Waals surface area contributed by atoms with Gasteiger partial charge in [0.1, 0.15) is 0 Å². The van der Waals surface area contributed by atoms with Gasteiger partial charge in [0.15, 0.2) is 0 Å². The zero-order chi connectivity index (χ0) is 10.7. The van der Waals surface area contributed by atoms with Gasteiger partial charge in [-0.05, 0) is 30.9 Å². The summed E-state index contributed by atoms with van der Waals surface area (Å²) in [5.41, 5.74) is 1.29. The molecule has 1 aromatic carbocycles. The normalized spacial score (nSPS) is 20.9. The van der Waals surface area contributed by atoms with E-state index in [1.807, 2.05) is 0 Å². The highest BCUT2D eigenvalue weighted by Gasteiger charge is 2.21. The van der Waals surface area contributed by atoms with Gasteiger partial charge in [0, 0.05) is 36.2 Å². The average molecular weight is 223 g/mol. The first-order valence-electron chi connectivity index (χ1n) is 5.33. The van der Waals surface area contributed by atoms with Crippen molar-refractivity contribution in [1.82, 2.24) is 0 Å². The quantitative estimate of drug-likeness (QED) is 0.795. The molecule has 0 spiro atoms. The number of nitrogens with zero attached hydrogens (tertiary/aromatic N) is 1. The van der Waals surface area contributed by atoms with Crippen LogP contribution in [0.4, 0.5) is 5.69 Å². The summed E-state index contributed by atoms with van der Waals surface area (Å²) in [5.74, 6) is 0.461. The van der Waals surface area contributed by atoms with Gasteiger partial charge in [-0.1, -0.05) is 6.07 Å². The number of thioether (sulfide) groups is 1. The van der Waals surface area contributed by atoms with E-state index in [-0.39, 0.29) is 0 Å². The Morgan fingerprint density at radius 1 is 1.53 bits per heavy atom. The summed E-state index contributed by atoms with van der Waals surface area (Å²) in [6.45, 7) is 2.39. The van der Waals surface area contributed by atoms with E-state index in [0.29, 0.717) is 12.5 Å². The Morgan fingerprint density at radius 3 is 3.07 bits per heavy atom. The van der Waals surface area contributed by atoms with Crippen LogP contribution in [0.1, 0.15) is 6.42 Å². The van der Waals surface area contributed by atoms with Crippen LogP contribution >= 0.6 is 11.8 Å². The van der Waals surface area contributed by atoms with Gasteiger partial charge in [-0.25, -0.2) is 0 Å². The number of rotatable bonds is 3. The summed E-state index contributed by atoms with van der Waals surface area (Å²) < 4.78 is 0. The lowest BCUT2D eigenvalue weighted by molar-refractivity contribution is 0.238. The predicted octanol–water partition coefficient (Wildman–Crippen LogP) is 2.23. The summed E-state index contributed by atoms with van der Waals surface area (Å²) in [7, 11) is 0. The number of hydrogen-bond acceptors (Lipinski definition) is 3. The number of benzene rings is 1. The molecule has 1 aromatic rings. The molecule has 3 heteroatoms. The summed E-state index contributed by atoms with van der Waals surface area (Å²) >= 11 is 1.77. The van der Waals surface area contributed by atoms with Crippen molar-refractivity contribution in [3.8, 4) is 0 Å². The van der Waals surface area contributed by atoms with Crippen LogP contribution < -0.4 is 4.90 Å². The molecule has 1 aliphatic heterocycles. The van der Waals surface area contributed by atoms with Crippen molar-refractivity contribution in [3.63, 3.8) is 0 Å². The standard InChI is InChI=1S/C12H17NOS/c1-15-12-4-2-3-11(7-12)13-6-5-10(8-13)9-14/h2-4,7,10,14H,5-6,8-9H2,1H3. The van der Waals surface area contributed by atoms with Gasteiger partial charge in [-0.15, -0.1) is 11.8 Å². The first-order chi connectivity index (χ1) is 7.33.